The van der Waals surface area contributed by atoms with Gasteiger partial charge in [-0.05, 0) is 24.6 Å². The van der Waals surface area contributed by atoms with Gasteiger partial charge < -0.3 is 10.1 Å². The van der Waals surface area contributed by atoms with Gasteiger partial charge in [-0.2, -0.15) is 0 Å². The van der Waals surface area contributed by atoms with Crippen LogP contribution < -0.4 is 5.32 Å². The van der Waals surface area contributed by atoms with E-state index in [1.54, 1.807) is 0 Å². The average molecular weight is 240 g/mol. The Morgan fingerprint density at radius 1 is 1.56 bits per heavy atom. The van der Waals surface area contributed by atoms with Crippen molar-refractivity contribution >= 4 is 23.2 Å². The summed E-state index contributed by atoms with van der Waals surface area (Å²) in [6.45, 7) is 3.29. The number of hydrogen-bond acceptors (Lipinski definition) is 2. The summed E-state index contributed by atoms with van der Waals surface area (Å²) in [6, 6.07) is 5.50. The van der Waals surface area contributed by atoms with E-state index in [0.717, 1.165) is 11.3 Å². The van der Waals surface area contributed by atoms with Crippen LogP contribution in [0.1, 0.15) is 12.0 Å². The van der Waals surface area contributed by atoms with Crippen LogP contribution >= 0.6 is 11.6 Å². The van der Waals surface area contributed by atoms with E-state index in [4.69, 9.17) is 16.3 Å². The maximum Gasteiger partial charge on any atom is 0.224 e. The van der Waals surface area contributed by atoms with Crippen molar-refractivity contribution in [2.45, 2.75) is 13.3 Å². The van der Waals surface area contributed by atoms with Crippen LogP contribution in [0, 0.1) is 12.8 Å². The highest BCUT2D eigenvalue weighted by atomic mass is 35.5. The van der Waals surface area contributed by atoms with Crippen LogP contribution in [0.2, 0.25) is 5.02 Å². The number of hydrogen-bond donors (Lipinski definition) is 1. The van der Waals surface area contributed by atoms with Crippen molar-refractivity contribution < 1.29 is 9.53 Å². The van der Waals surface area contributed by atoms with Crippen molar-refractivity contribution in [3.05, 3.63) is 28.8 Å². The van der Waals surface area contributed by atoms with Crippen LogP contribution in [-0.2, 0) is 9.53 Å². The quantitative estimate of drug-likeness (QED) is 0.881. The number of ether oxygens (including phenoxy) is 1. The number of amides is 1. The first-order chi connectivity index (χ1) is 7.66. The lowest BCUT2D eigenvalue weighted by atomic mass is 10.0. The number of benzene rings is 1. The molecule has 4 heteroatoms. The van der Waals surface area contributed by atoms with Gasteiger partial charge in [-0.1, -0.05) is 17.7 Å². The van der Waals surface area contributed by atoms with Crippen molar-refractivity contribution in [2.75, 3.05) is 18.5 Å². The van der Waals surface area contributed by atoms with E-state index < -0.39 is 0 Å². The normalized spacial score (nSPS) is 15.6. The van der Waals surface area contributed by atoms with Crippen LogP contribution in [0.25, 0.3) is 0 Å². The van der Waals surface area contributed by atoms with Crippen LogP contribution in [0.5, 0.6) is 0 Å². The Morgan fingerprint density at radius 3 is 2.94 bits per heavy atom. The fourth-order valence-electron chi connectivity index (χ4n) is 1.61. The van der Waals surface area contributed by atoms with E-state index in [2.05, 4.69) is 5.32 Å². The monoisotopic (exact) mass is 239 g/mol. The fourth-order valence-corrected chi connectivity index (χ4v) is 1.78. The lowest BCUT2D eigenvalue weighted by Gasteiger charge is -2.25. The SMILES string of the molecule is Cc1c(Cl)cccc1NC(=O)CC1COC1. The third-order valence-corrected chi connectivity index (χ3v) is 3.13. The Hall–Kier alpha value is -1.06. The topological polar surface area (TPSA) is 38.3 Å². The van der Waals surface area contributed by atoms with Gasteiger partial charge in [-0.3, -0.25) is 4.79 Å². The molecular weight excluding hydrogens is 226 g/mol. The van der Waals surface area contributed by atoms with E-state index in [-0.39, 0.29) is 5.91 Å². The molecule has 1 N–H and O–H groups in total. The Bertz CT molecular complexity index is 402. The molecule has 1 saturated heterocycles. The van der Waals surface area contributed by atoms with E-state index >= 15 is 0 Å². The second-order valence-corrected chi connectivity index (χ2v) is 4.48. The summed E-state index contributed by atoms with van der Waals surface area (Å²) in [5, 5.41) is 3.54. The minimum absolute atomic E-state index is 0.0265. The van der Waals surface area contributed by atoms with Gasteiger partial charge in [0, 0.05) is 23.0 Å². The average Bonchev–Trinajstić information content (AvgIpc) is 2.19. The standard InChI is InChI=1S/C12H14ClNO2/c1-8-10(13)3-2-4-11(8)14-12(15)5-9-6-16-7-9/h2-4,9H,5-7H2,1H3,(H,14,15). The summed E-state index contributed by atoms with van der Waals surface area (Å²) in [5.41, 5.74) is 1.69. The highest BCUT2D eigenvalue weighted by molar-refractivity contribution is 6.31. The molecule has 16 heavy (non-hydrogen) atoms. The summed E-state index contributed by atoms with van der Waals surface area (Å²) < 4.78 is 5.03. The summed E-state index contributed by atoms with van der Waals surface area (Å²) in [7, 11) is 0. The van der Waals surface area contributed by atoms with Crippen molar-refractivity contribution in [3.63, 3.8) is 0 Å². The molecular formula is C12H14ClNO2. The number of halogens is 1. The first-order valence-electron chi connectivity index (χ1n) is 5.29. The Labute approximate surface area is 99.7 Å². The molecule has 2 rings (SSSR count). The highest BCUT2D eigenvalue weighted by Gasteiger charge is 2.21. The number of carbonyl (C=O) groups excluding carboxylic acids is 1. The molecule has 1 aromatic rings. The second kappa shape index (κ2) is 4.85. The molecule has 3 nitrogen and oxygen atoms in total. The van der Waals surface area contributed by atoms with Gasteiger partial charge in [0.15, 0.2) is 0 Å². The van der Waals surface area contributed by atoms with E-state index in [1.165, 1.54) is 0 Å². The number of rotatable bonds is 3. The summed E-state index contributed by atoms with van der Waals surface area (Å²) >= 11 is 5.97. The molecule has 0 atom stereocenters. The Balaban J connectivity index is 1.97. The zero-order valence-corrected chi connectivity index (χ0v) is 9.88. The lowest BCUT2D eigenvalue weighted by molar-refractivity contribution is -0.121. The molecule has 1 aliphatic heterocycles. The summed E-state index contributed by atoms with van der Waals surface area (Å²) in [4.78, 5) is 11.7. The van der Waals surface area contributed by atoms with Gasteiger partial charge in [0.25, 0.3) is 0 Å². The van der Waals surface area contributed by atoms with Gasteiger partial charge in [-0.15, -0.1) is 0 Å². The minimum Gasteiger partial charge on any atom is -0.381 e. The molecule has 1 fully saturated rings. The molecule has 1 amide bonds. The molecule has 0 unspecified atom stereocenters. The van der Waals surface area contributed by atoms with Gasteiger partial charge >= 0.3 is 0 Å². The van der Waals surface area contributed by atoms with Crippen LogP contribution in [0.4, 0.5) is 5.69 Å². The van der Waals surface area contributed by atoms with E-state index in [1.807, 2.05) is 25.1 Å². The fraction of sp³-hybridized carbons (Fsp3) is 0.417. The van der Waals surface area contributed by atoms with Crippen molar-refractivity contribution in [1.29, 1.82) is 0 Å². The molecule has 0 spiro atoms. The molecule has 1 heterocycles. The molecule has 86 valence electrons. The van der Waals surface area contributed by atoms with Crippen LogP contribution in [0.3, 0.4) is 0 Å². The van der Waals surface area contributed by atoms with E-state index in [0.29, 0.717) is 30.6 Å². The minimum atomic E-state index is 0.0265. The number of anilines is 1. The first kappa shape index (κ1) is 11.4. The van der Waals surface area contributed by atoms with Crippen LogP contribution in [-0.4, -0.2) is 19.1 Å². The summed E-state index contributed by atoms with van der Waals surface area (Å²) in [5.74, 6) is 0.401. The molecule has 0 bridgehead atoms. The van der Waals surface area contributed by atoms with Gasteiger partial charge in [0.05, 0.1) is 13.2 Å². The predicted octanol–water partition coefficient (Wildman–Crippen LogP) is 2.62. The number of nitrogens with one attached hydrogen (secondary N) is 1. The lowest BCUT2D eigenvalue weighted by Crippen LogP contribution is -2.31. The van der Waals surface area contributed by atoms with Crippen molar-refractivity contribution in [2.24, 2.45) is 5.92 Å². The van der Waals surface area contributed by atoms with Gasteiger partial charge in [0.1, 0.15) is 0 Å². The summed E-state index contributed by atoms with van der Waals surface area (Å²) in [6.07, 6.45) is 0.520. The molecule has 0 saturated carbocycles. The molecule has 0 aliphatic carbocycles. The van der Waals surface area contributed by atoms with Gasteiger partial charge in [0.2, 0.25) is 5.91 Å². The third kappa shape index (κ3) is 2.54. The van der Waals surface area contributed by atoms with Crippen LogP contribution in [0.15, 0.2) is 18.2 Å². The molecule has 1 aromatic carbocycles. The Morgan fingerprint density at radius 2 is 2.31 bits per heavy atom. The van der Waals surface area contributed by atoms with Crippen molar-refractivity contribution in [3.8, 4) is 0 Å². The molecule has 0 radical (unpaired) electrons. The zero-order valence-electron chi connectivity index (χ0n) is 9.13. The van der Waals surface area contributed by atoms with E-state index in [9.17, 15) is 4.79 Å². The zero-order chi connectivity index (χ0) is 11.5. The maximum absolute atomic E-state index is 11.7. The van der Waals surface area contributed by atoms with Gasteiger partial charge in [-0.25, -0.2) is 0 Å². The third-order valence-electron chi connectivity index (χ3n) is 2.72. The predicted molar refractivity (Wildman–Crippen MR) is 63.7 cm³/mol. The Kier molecular flexibility index (Phi) is 3.46. The largest absolute Gasteiger partial charge is 0.381 e. The maximum atomic E-state index is 11.7. The first-order valence-corrected chi connectivity index (χ1v) is 5.67. The number of carbonyl (C=O) groups is 1. The molecule has 1 aliphatic rings. The molecule has 0 aromatic heterocycles. The smallest absolute Gasteiger partial charge is 0.224 e. The van der Waals surface area contributed by atoms with Crippen molar-refractivity contribution in [1.82, 2.24) is 0 Å². The second-order valence-electron chi connectivity index (χ2n) is 4.07. The highest BCUT2D eigenvalue weighted by Crippen LogP contribution is 2.23.